The highest BCUT2D eigenvalue weighted by Gasteiger charge is 2.23. The Kier molecular flexibility index (Phi) is 4.12. The minimum absolute atomic E-state index is 0.153. The number of ether oxygens (including phenoxy) is 3. The number of amidine groups is 1. The van der Waals surface area contributed by atoms with Crippen LogP contribution in [0, 0.1) is 5.92 Å². The highest BCUT2D eigenvalue weighted by molar-refractivity contribution is 6.07. The van der Waals surface area contributed by atoms with Gasteiger partial charge in [0.25, 0.3) is 0 Å². The number of nitrogens with two attached hydrogens (primary N) is 1. The predicted octanol–water partition coefficient (Wildman–Crippen LogP) is 1.81. The summed E-state index contributed by atoms with van der Waals surface area (Å²) >= 11 is 0. The van der Waals surface area contributed by atoms with Crippen LogP contribution in [0.5, 0.6) is 17.2 Å². The first kappa shape index (κ1) is 14.2. The van der Waals surface area contributed by atoms with Gasteiger partial charge in [-0.3, -0.25) is 0 Å². The lowest BCUT2D eigenvalue weighted by Gasteiger charge is -2.20. The van der Waals surface area contributed by atoms with Crippen LogP contribution >= 0.6 is 0 Å². The maximum absolute atomic E-state index is 5.76. The Bertz CT molecular complexity index is 567. The number of hydrogen-bond acceptors (Lipinski definition) is 6. The fourth-order valence-electron chi connectivity index (χ4n) is 2.14. The van der Waals surface area contributed by atoms with Gasteiger partial charge < -0.3 is 19.9 Å². The summed E-state index contributed by atoms with van der Waals surface area (Å²) in [4.78, 5) is 0. The van der Waals surface area contributed by atoms with Crippen molar-refractivity contribution >= 4 is 11.5 Å². The summed E-state index contributed by atoms with van der Waals surface area (Å²) in [6, 6.07) is 3.72. The van der Waals surface area contributed by atoms with Gasteiger partial charge in [0.1, 0.15) is 5.84 Å². The topological polar surface area (TPSA) is 78.4 Å². The average molecular weight is 277 g/mol. The smallest absolute Gasteiger partial charge is 0.203 e. The van der Waals surface area contributed by atoms with Crippen molar-refractivity contribution in [1.82, 2.24) is 0 Å². The van der Waals surface area contributed by atoms with Gasteiger partial charge in [-0.25, -0.2) is 0 Å². The van der Waals surface area contributed by atoms with E-state index in [9.17, 15) is 0 Å². The molecule has 0 amide bonds. The second-order valence-corrected chi connectivity index (χ2v) is 4.56. The molecule has 2 N–H and O–H groups in total. The lowest BCUT2D eigenvalue weighted by atomic mass is 9.96. The molecule has 0 fully saturated rings. The molecule has 6 nitrogen and oxygen atoms in total. The molecule has 1 aromatic carbocycles. The zero-order chi connectivity index (χ0) is 14.7. The molecule has 1 aliphatic heterocycles. The van der Waals surface area contributed by atoms with E-state index in [1.807, 2.05) is 19.1 Å². The standard InChI is InChI=1S/C14H19N3O3/c1-8-7-10(16-17-14(8)15)9-5-6-11(18-2)13(20-4)12(9)19-3/h5-6,8H,7H2,1-4H3,(H2,15,17). The third-order valence-electron chi connectivity index (χ3n) is 3.31. The highest BCUT2D eigenvalue weighted by atomic mass is 16.5. The van der Waals surface area contributed by atoms with Crippen molar-refractivity contribution in [3.8, 4) is 17.2 Å². The number of methoxy groups -OCH3 is 3. The van der Waals surface area contributed by atoms with Crippen LogP contribution in [-0.2, 0) is 0 Å². The van der Waals surface area contributed by atoms with E-state index in [1.54, 1.807) is 21.3 Å². The molecular weight excluding hydrogens is 258 g/mol. The Hall–Kier alpha value is -2.24. The van der Waals surface area contributed by atoms with E-state index in [1.165, 1.54) is 0 Å². The van der Waals surface area contributed by atoms with Gasteiger partial charge in [-0.1, -0.05) is 6.92 Å². The average Bonchev–Trinajstić information content (AvgIpc) is 2.48. The second kappa shape index (κ2) is 5.81. The van der Waals surface area contributed by atoms with E-state index in [2.05, 4.69) is 10.2 Å². The molecule has 1 aromatic rings. The molecular formula is C14H19N3O3. The van der Waals surface area contributed by atoms with Crippen molar-refractivity contribution in [2.75, 3.05) is 21.3 Å². The maximum Gasteiger partial charge on any atom is 0.203 e. The minimum Gasteiger partial charge on any atom is -0.493 e. The van der Waals surface area contributed by atoms with Crippen LogP contribution in [-0.4, -0.2) is 32.9 Å². The van der Waals surface area contributed by atoms with Crippen LogP contribution in [0.1, 0.15) is 18.9 Å². The quantitative estimate of drug-likeness (QED) is 0.910. The molecule has 1 heterocycles. The molecule has 6 heteroatoms. The van der Waals surface area contributed by atoms with E-state index >= 15 is 0 Å². The van der Waals surface area contributed by atoms with Gasteiger partial charge in [0.05, 0.1) is 27.0 Å². The summed E-state index contributed by atoms with van der Waals surface area (Å²) in [5.74, 6) is 2.45. The second-order valence-electron chi connectivity index (χ2n) is 4.56. The summed E-state index contributed by atoms with van der Waals surface area (Å²) in [6.07, 6.45) is 0.710. The van der Waals surface area contributed by atoms with Gasteiger partial charge in [0.15, 0.2) is 11.5 Å². The Labute approximate surface area is 118 Å². The van der Waals surface area contributed by atoms with Crippen LogP contribution in [0.4, 0.5) is 0 Å². The van der Waals surface area contributed by atoms with Crippen LogP contribution in [0.2, 0.25) is 0 Å². The minimum atomic E-state index is 0.153. The molecule has 0 bridgehead atoms. The van der Waals surface area contributed by atoms with E-state index < -0.39 is 0 Å². The number of hydrogen-bond donors (Lipinski definition) is 1. The third-order valence-corrected chi connectivity index (χ3v) is 3.31. The summed E-state index contributed by atoms with van der Waals surface area (Å²) < 4.78 is 16.1. The van der Waals surface area contributed by atoms with Crippen LogP contribution in [0.15, 0.2) is 22.3 Å². The Morgan fingerprint density at radius 1 is 1.05 bits per heavy atom. The molecule has 0 radical (unpaired) electrons. The summed E-state index contributed by atoms with van der Waals surface area (Å²) in [5.41, 5.74) is 7.42. The largest absolute Gasteiger partial charge is 0.493 e. The lowest BCUT2D eigenvalue weighted by Crippen LogP contribution is -2.27. The van der Waals surface area contributed by atoms with Crippen molar-refractivity contribution in [2.45, 2.75) is 13.3 Å². The molecule has 20 heavy (non-hydrogen) atoms. The summed E-state index contributed by atoms with van der Waals surface area (Å²) in [5, 5.41) is 8.17. The van der Waals surface area contributed by atoms with Gasteiger partial charge >= 0.3 is 0 Å². The van der Waals surface area contributed by atoms with Crippen LogP contribution < -0.4 is 19.9 Å². The van der Waals surface area contributed by atoms with E-state index in [0.29, 0.717) is 29.5 Å². The van der Waals surface area contributed by atoms with Crippen molar-refractivity contribution in [3.63, 3.8) is 0 Å². The van der Waals surface area contributed by atoms with E-state index in [0.717, 1.165) is 11.3 Å². The molecule has 1 atom stereocenters. The number of nitrogens with zero attached hydrogens (tertiary/aromatic N) is 2. The monoisotopic (exact) mass is 277 g/mol. The SMILES string of the molecule is COc1ccc(C2=NN=C(N)C(C)C2)c(OC)c1OC. The van der Waals surface area contributed by atoms with Crippen molar-refractivity contribution in [1.29, 1.82) is 0 Å². The fourth-order valence-corrected chi connectivity index (χ4v) is 2.14. The fraction of sp³-hybridized carbons (Fsp3) is 0.429. The van der Waals surface area contributed by atoms with Crippen molar-refractivity contribution in [2.24, 2.45) is 21.9 Å². The molecule has 2 rings (SSSR count). The van der Waals surface area contributed by atoms with Gasteiger partial charge in [-0.05, 0) is 12.1 Å². The van der Waals surface area contributed by atoms with Gasteiger partial charge in [0, 0.05) is 17.9 Å². The molecule has 0 saturated heterocycles. The Morgan fingerprint density at radius 3 is 2.30 bits per heavy atom. The number of benzene rings is 1. The summed E-state index contributed by atoms with van der Waals surface area (Å²) in [6.45, 7) is 2.01. The molecule has 0 aliphatic carbocycles. The molecule has 1 unspecified atom stereocenters. The first-order valence-corrected chi connectivity index (χ1v) is 6.31. The lowest BCUT2D eigenvalue weighted by molar-refractivity contribution is 0.324. The third kappa shape index (κ3) is 2.41. The predicted molar refractivity (Wildman–Crippen MR) is 78.0 cm³/mol. The normalized spacial score (nSPS) is 18.1. The Morgan fingerprint density at radius 2 is 1.75 bits per heavy atom. The molecule has 1 aliphatic rings. The van der Waals surface area contributed by atoms with Gasteiger partial charge in [-0.15, -0.1) is 5.10 Å². The molecule has 0 spiro atoms. The zero-order valence-electron chi connectivity index (χ0n) is 12.1. The summed E-state index contributed by atoms with van der Waals surface area (Å²) in [7, 11) is 4.75. The maximum atomic E-state index is 5.76. The highest BCUT2D eigenvalue weighted by Crippen LogP contribution is 2.40. The molecule has 0 saturated carbocycles. The van der Waals surface area contributed by atoms with Crippen LogP contribution in [0.3, 0.4) is 0 Å². The van der Waals surface area contributed by atoms with Crippen LogP contribution in [0.25, 0.3) is 0 Å². The number of rotatable bonds is 4. The first-order valence-electron chi connectivity index (χ1n) is 6.31. The molecule has 108 valence electrons. The Balaban J connectivity index is 2.53. The molecule has 0 aromatic heterocycles. The van der Waals surface area contributed by atoms with E-state index in [-0.39, 0.29) is 5.92 Å². The first-order chi connectivity index (χ1) is 9.62. The zero-order valence-corrected chi connectivity index (χ0v) is 12.1. The van der Waals surface area contributed by atoms with Gasteiger partial charge in [-0.2, -0.15) is 5.10 Å². The van der Waals surface area contributed by atoms with Crippen molar-refractivity contribution < 1.29 is 14.2 Å². The van der Waals surface area contributed by atoms with E-state index in [4.69, 9.17) is 19.9 Å². The van der Waals surface area contributed by atoms with Crippen molar-refractivity contribution in [3.05, 3.63) is 17.7 Å². The van der Waals surface area contributed by atoms with Gasteiger partial charge in [0.2, 0.25) is 5.75 Å².